The van der Waals surface area contributed by atoms with Gasteiger partial charge in [0.1, 0.15) is 11.4 Å². The second-order valence-corrected chi connectivity index (χ2v) is 12.2. The number of carbonyl (C=O) groups excluding carboxylic acids is 1. The SMILES string of the molecule is CC(C)(C)OC(=O)N1CCN(c2cccc(S(=O)(=O)c3cn(C4CC4)c4ccc(F)cc34)c2)CC1. The lowest BCUT2D eigenvalue weighted by atomic mass is 10.2. The van der Waals surface area contributed by atoms with Crippen LogP contribution in [0.15, 0.2) is 58.5 Å². The molecule has 0 bridgehead atoms. The molecule has 7 nitrogen and oxygen atoms in total. The first kappa shape index (κ1) is 23.7. The molecule has 2 aromatic carbocycles. The van der Waals surface area contributed by atoms with E-state index in [1.807, 2.05) is 31.4 Å². The van der Waals surface area contributed by atoms with E-state index >= 15 is 0 Å². The van der Waals surface area contributed by atoms with Crippen molar-refractivity contribution in [1.82, 2.24) is 9.47 Å². The summed E-state index contributed by atoms with van der Waals surface area (Å²) < 4.78 is 48.9. The Morgan fingerprint density at radius 2 is 1.74 bits per heavy atom. The summed E-state index contributed by atoms with van der Waals surface area (Å²) in [6.07, 6.45) is 3.30. The van der Waals surface area contributed by atoms with Crippen molar-refractivity contribution in [2.24, 2.45) is 0 Å². The van der Waals surface area contributed by atoms with Crippen molar-refractivity contribution in [3.05, 3.63) is 54.5 Å². The Bertz CT molecular complexity index is 1380. The molecule has 5 rings (SSSR count). The molecular weight excluding hydrogens is 469 g/mol. The third kappa shape index (κ3) is 4.74. The molecule has 1 saturated heterocycles. The summed E-state index contributed by atoms with van der Waals surface area (Å²) in [4.78, 5) is 16.4. The summed E-state index contributed by atoms with van der Waals surface area (Å²) in [6.45, 7) is 7.61. The van der Waals surface area contributed by atoms with Crippen LogP contribution in [0.3, 0.4) is 0 Å². The van der Waals surface area contributed by atoms with Gasteiger partial charge in [-0.2, -0.15) is 0 Å². The summed E-state index contributed by atoms with van der Waals surface area (Å²) in [5.74, 6) is -0.459. The van der Waals surface area contributed by atoms with Crippen LogP contribution in [0.5, 0.6) is 0 Å². The molecule has 0 radical (unpaired) electrons. The van der Waals surface area contributed by atoms with Crippen LogP contribution >= 0.6 is 0 Å². The van der Waals surface area contributed by atoms with Crippen molar-refractivity contribution in [2.45, 2.75) is 55.0 Å². The number of piperazine rings is 1. The molecule has 1 saturated carbocycles. The number of hydrogen-bond donors (Lipinski definition) is 0. The van der Waals surface area contributed by atoms with Crippen LogP contribution in [-0.4, -0.2) is 55.8 Å². The maximum Gasteiger partial charge on any atom is 0.410 e. The quantitative estimate of drug-likeness (QED) is 0.505. The molecule has 1 aromatic heterocycles. The van der Waals surface area contributed by atoms with E-state index in [1.165, 1.54) is 12.1 Å². The van der Waals surface area contributed by atoms with Gasteiger partial charge in [0.05, 0.1) is 9.79 Å². The smallest absolute Gasteiger partial charge is 0.410 e. The second kappa shape index (κ2) is 8.55. The minimum atomic E-state index is -3.87. The molecule has 0 unspecified atom stereocenters. The first-order valence-electron chi connectivity index (χ1n) is 11.9. The van der Waals surface area contributed by atoms with Crippen LogP contribution in [-0.2, 0) is 14.6 Å². The Kier molecular flexibility index (Phi) is 5.78. The highest BCUT2D eigenvalue weighted by atomic mass is 32.2. The van der Waals surface area contributed by atoms with E-state index in [1.54, 1.807) is 35.4 Å². The van der Waals surface area contributed by atoms with Gasteiger partial charge >= 0.3 is 6.09 Å². The third-order valence-corrected chi connectivity index (χ3v) is 8.19. The van der Waals surface area contributed by atoms with E-state index in [2.05, 4.69) is 4.90 Å². The van der Waals surface area contributed by atoms with E-state index in [9.17, 15) is 17.6 Å². The average Bonchev–Trinajstić information content (AvgIpc) is 3.58. The van der Waals surface area contributed by atoms with Crippen LogP contribution in [0.2, 0.25) is 0 Å². The van der Waals surface area contributed by atoms with Gasteiger partial charge < -0.3 is 19.1 Å². The van der Waals surface area contributed by atoms with E-state index in [4.69, 9.17) is 4.74 Å². The Hall–Kier alpha value is -3.07. The Morgan fingerprint density at radius 1 is 1.03 bits per heavy atom. The molecule has 9 heteroatoms. The summed E-state index contributed by atoms with van der Waals surface area (Å²) in [5, 5.41) is 0.410. The highest BCUT2D eigenvalue weighted by Crippen LogP contribution is 2.41. The van der Waals surface area contributed by atoms with Crippen molar-refractivity contribution in [3.63, 3.8) is 0 Å². The average molecular weight is 500 g/mol. The minimum absolute atomic E-state index is 0.130. The number of ether oxygens (including phenoxy) is 1. The monoisotopic (exact) mass is 499 g/mol. The highest BCUT2D eigenvalue weighted by Gasteiger charge is 2.31. The van der Waals surface area contributed by atoms with Crippen molar-refractivity contribution >= 4 is 32.5 Å². The zero-order valence-electron chi connectivity index (χ0n) is 20.2. The molecular formula is C26H30FN3O4S. The van der Waals surface area contributed by atoms with E-state index in [-0.39, 0.29) is 21.9 Å². The number of nitrogens with zero attached hydrogens (tertiary/aromatic N) is 3. The van der Waals surface area contributed by atoms with Crippen LogP contribution in [0.4, 0.5) is 14.9 Å². The molecule has 2 aliphatic rings. The van der Waals surface area contributed by atoms with E-state index in [0.717, 1.165) is 24.0 Å². The predicted octanol–water partition coefficient (Wildman–Crippen LogP) is 5.01. The molecule has 35 heavy (non-hydrogen) atoms. The van der Waals surface area contributed by atoms with Crippen molar-refractivity contribution in [1.29, 1.82) is 0 Å². The van der Waals surface area contributed by atoms with Gasteiger partial charge in [0.2, 0.25) is 9.84 Å². The summed E-state index contributed by atoms with van der Waals surface area (Å²) >= 11 is 0. The zero-order valence-corrected chi connectivity index (χ0v) is 21.0. The number of hydrogen-bond acceptors (Lipinski definition) is 5. The van der Waals surface area contributed by atoms with Gasteiger partial charge in [-0.25, -0.2) is 17.6 Å². The summed E-state index contributed by atoms with van der Waals surface area (Å²) in [7, 11) is -3.87. The number of halogens is 1. The zero-order chi connectivity index (χ0) is 25.0. The number of carbonyl (C=O) groups is 1. The molecule has 0 spiro atoms. The topological polar surface area (TPSA) is 71.8 Å². The first-order valence-corrected chi connectivity index (χ1v) is 13.4. The first-order chi connectivity index (χ1) is 16.5. The number of anilines is 1. The lowest BCUT2D eigenvalue weighted by Gasteiger charge is -2.36. The number of rotatable bonds is 4. The fourth-order valence-corrected chi connectivity index (χ4v) is 6.01. The predicted molar refractivity (Wildman–Crippen MR) is 132 cm³/mol. The molecule has 1 amide bonds. The lowest BCUT2D eigenvalue weighted by molar-refractivity contribution is 0.0240. The van der Waals surface area contributed by atoms with Crippen LogP contribution in [0, 0.1) is 5.82 Å². The molecule has 0 atom stereocenters. The maximum atomic E-state index is 14.1. The number of fused-ring (bicyclic) bond motifs is 1. The van der Waals surface area contributed by atoms with Gasteiger partial charge in [0, 0.05) is 55.0 Å². The van der Waals surface area contributed by atoms with Gasteiger partial charge in [-0.15, -0.1) is 0 Å². The van der Waals surface area contributed by atoms with Gasteiger partial charge in [-0.3, -0.25) is 0 Å². The molecule has 1 aliphatic heterocycles. The van der Waals surface area contributed by atoms with Crippen LogP contribution in [0.1, 0.15) is 39.7 Å². The number of sulfone groups is 1. The van der Waals surface area contributed by atoms with Crippen molar-refractivity contribution < 1.29 is 22.3 Å². The molecule has 3 aromatic rings. The third-order valence-electron chi connectivity index (χ3n) is 6.41. The van der Waals surface area contributed by atoms with Gasteiger partial charge in [-0.05, 0) is 70.0 Å². The molecule has 2 fully saturated rings. The van der Waals surface area contributed by atoms with Gasteiger partial charge in [-0.1, -0.05) is 6.07 Å². The Morgan fingerprint density at radius 3 is 2.40 bits per heavy atom. The second-order valence-electron chi connectivity index (χ2n) is 10.2. The number of aromatic nitrogens is 1. The van der Waals surface area contributed by atoms with E-state index in [0.29, 0.717) is 31.6 Å². The molecule has 2 heterocycles. The summed E-state index contributed by atoms with van der Waals surface area (Å²) in [5.41, 5.74) is 0.955. The Labute approximate surface area is 205 Å². The normalized spacial score (nSPS) is 17.1. The minimum Gasteiger partial charge on any atom is -0.444 e. The van der Waals surface area contributed by atoms with Crippen molar-refractivity contribution in [3.8, 4) is 0 Å². The summed E-state index contributed by atoms with van der Waals surface area (Å²) in [6, 6.07) is 11.4. The van der Waals surface area contributed by atoms with E-state index < -0.39 is 21.3 Å². The molecule has 1 aliphatic carbocycles. The highest BCUT2D eigenvalue weighted by molar-refractivity contribution is 7.91. The van der Waals surface area contributed by atoms with Crippen molar-refractivity contribution in [2.75, 3.05) is 31.1 Å². The van der Waals surface area contributed by atoms with Crippen LogP contribution < -0.4 is 4.90 Å². The maximum absolute atomic E-state index is 14.1. The van der Waals surface area contributed by atoms with Crippen LogP contribution in [0.25, 0.3) is 10.9 Å². The number of benzene rings is 2. The fraction of sp³-hybridized carbons (Fsp3) is 0.423. The molecule has 0 N–H and O–H groups in total. The fourth-order valence-electron chi connectivity index (χ4n) is 4.51. The number of amides is 1. The standard InChI is InChI=1S/C26H30FN3O4S/c1-26(2,3)34-25(31)29-13-11-28(12-14-29)20-5-4-6-21(16-20)35(32,33)24-17-30(19-8-9-19)23-10-7-18(27)15-22(23)24/h4-7,10,15-17,19H,8-9,11-14H2,1-3H3. The van der Waals surface area contributed by atoms with Gasteiger partial charge in [0.25, 0.3) is 0 Å². The Balaban J connectivity index is 1.40. The lowest BCUT2D eigenvalue weighted by Crippen LogP contribution is -2.50. The molecule has 186 valence electrons. The largest absolute Gasteiger partial charge is 0.444 e. The van der Waals surface area contributed by atoms with Gasteiger partial charge in [0.15, 0.2) is 0 Å².